The van der Waals surface area contributed by atoms with Gasteiger partial charge in [0.05, 0.1) is 0 Å². The van der Waals surface area contributed by atoms with Crippen molar-refractivity contribution in [3.63, 3.8) is 0 Å². The predicted octanol–water partition coefficient (Wildman–Crippen LogP) is 1.17. The summed E-state index contributed by atoms with van der Waals surface area (Å²) in [7, 11) is 0. The minimum Gasteiger partial charge on any atom is -0.352 e. The van der Waals surface area contributed by atoms with E-state index in [1.165, 1.54) is 0 Å². The van der Waals surface area contributed by atoms with Gasteiger partial charge in [0, 0.05) is 38.2 Å². The zero-order chi connectivity index (χ0) is 14.4. The first-order chi connectivity index (χ1) is 9.70. The molecule has 20 heavy (non-hydrogen) atoms. The average Bonchev–Trinajstić information content (AvgIpc) is 2.47. The molecular weight excluding hydrogens is 254 g/mol. The third-order valence-electron chi connectivity index (χ3n) is 3.43. The molecule has 1 aromatic carbocycles. The van der Waals surface area contributed by atoms with Gasteiger partial charge in [0.1, 0.15) is 0 Å². The number of anilines is 1. The third kappa shape index (κ3) is 3.81. The van der Waals surface area contributed by atoms with Crippen LogP contribution in [0.4, 0.5) is 5.69 Å². The number of carbonyl (C=O) groups excluding carboxylic acids is 2. The fourth-order valence-corrected chi connectivity index (χ4v) is 2.29. The summed E-state index contributed by atoms with van der Waals surface area (Å²) in [6.07, 6.45) is 3.03. The van der Waals surface area contributed by atoms with Crippen molar-refractivity contribution in [3.8, 4) is 0 Å². The van der Waals surface area contributed by atoms with E-state index in [-0.39, 0.29) is 11.8 Å². The van der Waals surface area contributed by atoms with Gasteiger partial charge in [-0.05, 0) is 30.5 Å². The fourth-order valence-electron chi connectivity index (χ4n) is 2.29. The number of carbonyl (C=O) groups is 2. The maximum absolute atomic E-state index is 11.8. The Balaban J connectivity index is 1.92. The molecule has 1 saturated heterocycles. The Bertz CT molecular complexity index is 471. The van der Waals surface area contributed by atoms with Crippen LogP contribution < -0.4 is 16.0 Å². The highest BCUT2D eigenvalue weighted by Gasteiger charge is 2.19. The van der Waals surface area contributed by atoms with Crippen LogP contribution >= 0.6 is 0 Å². The van der Waals surface area contributed by atoms with E-state index in [9.17, 15) is 9.59 Å². The van der Waals surface area contributed by atoms with E-state index >= 15 is 0 Å². The van der Waals surface area contributed by atoms with Crippen molar-refractivity contribution in [2.75, 3.05) is 18.0 Å². The molecule has 2 amide bonds. The third-order valence-corrected chi connectivity index (χ3v) is 3.43. The molecule has 5 heteroatoms. The molecule has 1 aliphatic heterocycles. The SMILES string of the molecule is NCCC(=O)NCc1ccc(N2CCCCC2=O)cc1. The lowest BCUT2D eigenvalue weighted by atomic mass is 10.1. The molecule has 0 atom stereocenters. The maximum Gasteiger partial charge on any atom is 0.226 e. The summed E-state index contributed by atoms with van der Waals surface area (Å²) in [6.45, 7) is 1.65. The Kier molecular flexibility index (Phi) is 5.12. The molecule has 1 heterocycles. The van der Waals surface area contributed by atoms with Gasteiger partial charge >= 0.3 is 0 Å². The van der Waals surface area contributed by atoms with Crippen LogP contribution in [0.25, 0.3) is 0 Å². The number of hydrogen-bond acceptors (Lipinski definition) is 3. The first-order valence-electron chi connectivity index (χ1n) is 7.07. The van der Waals surface area contributed by atoms with Gasteiger partial charge in [0.25, 0.3) is 0 Å². The number of nitrogens with one attached hydrogen (secondary N) is 1. The minimum atomic E-state index is -0.0391. The van der Waals surface area contributed by atoms with Crippen molar-refractivity contribution in [1.29, 1.82) is 0 Å². The Morgan fingerprint density at radius 1 is 1.25 bits per heavy atom. The topological polar surface area (TPSA) is 75.4 Å². The van der Waals surface area contributed by atoms with Crippen LogP contribution in [-0.2, 0) is 16.1 Å². The molecule has 5 nitrogen and oxygen atoms in total. The molecule has 1 aliphatic rings. The van der Waals surface area contributed by atoms with Crippen LogP contribution in [0.1, 0.15) is 31.2 Å². The summed E-state index contributed by atoms with van der Waals surface area (Å²) in [5, 5.41) is 2.81. The van der Waals surface area contributed by atoms with Crippen molar-refractivity contribution < 1.29 is 9.59 Å². The van der Waals surface area contributed by atoms with Crippen molar-refractivity contribution >= 4 is 17.5 Å². The molecule has 0 saturated carbocycles. The number of amides is 2. The minimum absolute atomic E-state index is 0.0391. The summed E-state index contributed by atoms with van der Waals surface area (Å²) in [6, 6.07) is 7.77. The highest BCUT2D eigenvalue weighted by Crippen LogP contribution is 2.21. The van der Waals surface area contributed by atoms with Gasteiger partial charge in [-0.25, -0.2) is 0 Å². The summed E-state index contributed by atoms with van der Waals surface area (Å²) < 4.78 is 0. The number of rotatable bonds is 5. The molecule has 3 N–H and O–H groups in total. The normalized spacial score (nSPS) is 15.2. The molecule has 108 valence electrons. The van der Waals surface area contributed by atoms with E-state index in [4.69, 9.17) is 5.73 Å². The molecule has 2 rings (SSSR count). The maximum atomic E-state index is 11.8. The largest absolute Gasteiger partial charge is 0.352 e. The second-order valence-corrected chi connectivity index (χ2v) is 4.98. The van der Waals surface area contributed by atoms with Gasteiger partial charge in [0.15, 0.2) is 0 Å². The first kappa shape index (κ1) is 14.5. The Morgan fingerprint density at radius 2 is 2.00 bits per heavy atom. The summed E-state index contributed by atoms with van der Waals surface area (Å²) in [4.78, 5) is 25.0. The predicted molar refractivity (Wildman–Crippen MR) is 78.2 cm³/mol. The zero-order valence-corrected chi connectivity index (χ0v) is 11.6. The smallest absolute Gasteiger partial charge is 0.226 e. The van der Waals surface area contributed by atoms with Crippen LogP contribution in [0.15, 0.2) is 24.3 Å². The van der Waals surface area contributed by atoms with Gasteiger partial charge < -0.3 is 16.0 Å². The summed E-state index contributed by atoms with van der Waals surface area (Å²) >= 11 is 0. The van der Waals surface area contributed by atoms with Crippen LogP contribution in [0.5, 0.6) is 0 Å². The summed E-state index contributed by atoms with van der Waals surface area (Å²) in [5.74, 6) is 0.156. The molecule has 0 bridgehead atoms. The van der Waals surface area contributed by atoms with E-state index in [0.717, 1.165) is 30.6 Å². The van der Waals surface area contributed by atoms with Gasteiger partial charge in [-0.15, -0.1) is 0 Å². The van der Waals surface area contributed by atoms with Gasteiger partial charge in [-0.1, -0.05) is 12.1 Å². The lowest BCUT2D eigenvalue weighted by Crippen LogP contribution is -2.35. The second-order valence-electron chi connectivity index (χ2n) is 4.98. The zero-order valence-electron chi connectivity index (χ0n) is 11.6. The first-order valence-corrected chi connectivity index (χ1v) is 7.07. The van der Waals surface area contributed by atoms with Gasteiger partial charge in [-0.3, -0.25) is 9.59 Å². The van der Waals surface area contributed by atoms with Crippen LogP contribution in [0.2, 0.25) is 0 Å². The lowest BCUT2D eigenvalue weighted by molar-refractivity contribution is -0.121. The van der Waals surface area contributed by atoms with Crippen LogP contribution in [-0.4, -0.2) is 24.9 Å². The highest BCUT2D eigenvalue weighted by molar-refractivity contribution is 5.93. The molecule has 1 fully saturated rings. The van der Waals surface area contributed by atoms with Gasteiger partial charge in [0.2, 0.25) is 11.8 Å². The fraction of sp³-hybridized carbons (Fsp3) is 0.467. The Morgan fingerprint density at radius 3 is 2.65 bits per heavy atom. The van der Waals surface area contributed by atoms with Gasteiger partial charge in [-0.2, -0.15) is 0 Å². The van der Waals surface area contributed by atoms with Crippen molar-refractivity contribution in [3.05, 3.63) is 29.8 Å². The quantitative estimate of drug-likeness (QED) is 0.847. The second kappa shape index (κ2) is 7.05. The van der Waals surface area contributed by atoms with E-state index in [1.807, 2.05) is 29.2 Å². The molecule has 0 aromatic heterocycles. The number of nitrogens with zero attached hydrogens (tertiary/aromatic N) is 1. The number of nitrogens with two attached hydrogens (primary N) is 1. The molecule has 0 spiro atoms. The molecule has 0 unspecified atom stereocenters. The van der Waals surface area contributed by atoms with Crippen molar-refractivity contribution in [2.45, 2.75) is 32.2 Å². The van der Waals surface area contributed by atoms with E-state index < -0.39 is 0 Å². The number of benzene rings is 1. The lowest BCUT2D eigenvalue weighted by Gasteiger charge is -2.26. The monoisotopic (exact) mass is 275 g/mol. The Hall–Kier alpha value is -1.88. The molecule has 0 aliphatic carbocycles. The highest BCUT2D eigenvalue weighted by atomic mass is 16.2. The van der Waals surface area contributed by atoms with Crippen molar-refractivity contribution in [1.82, 2.24) is 5.32 Å². The van der Waals surface area contributed by atoms with Crippen LogP contribution in [0, 0.1) is 0 Å². The molecular formula is C15H21N3O2. The number of hydrogen-bond donors (Lipinski definition) is 2. The summed E-state index contributed by atoms with van der Waals surface area (Å²) in [5.41, 5.74) is 7.27. The van der Waals surface area contributed by atoms with E-state index in [1.54, 1.807) is 0 Å². The average molecular weight is 275 g/mol. The standard InChI is InChI=1S/C15H21N3O2/c16-9-8-14(19)17-11-12-4-6-13(7-5-12)18-10-2-1-3-15(18)20/h4-7H,1-3,8-11,16H2,(H,17,19). The van der Waals surface area contributed by atoms with E-state index in [2.05, 4.69) is 5.32 Å². The van der Waals surface area contributed by atoms with E-state index in [0.29, 0.717) is 25.9 Å². The van der Waals surface area contributed by atoms with Crippen LogP contribution in [0.3, 0.4) is 0 Å². The Labute approximate surface area is 119 Å². The molecule has 0 radical (unpaired) electrons. The number of piperidine rings is 1. The molecule has 1 aromatic rings. The van der Waals surface area contributed by atoms with Crippen molar-refractivity contribution in [2.24, 2.45) is 5.73 Å².